The lowest BCUT2D eigenvalue weighted by molar-refractivity contribution is 0.174. The lowest BCUT2D eigenvalue weighted by atomic mass is 9.96. The third kappa shape index (κ3) is 2.29. The van der Waals surface area contributed by atoms with Crippen LogP contribution in [0, 0.1) is 5.92 Å². The summed E-state index contributed by atoms with van der Waals surface area (Å²) in [6, 6.07) is 1.89. The summed E-state index contributed by atoms with van der Waals surface area (Å²) < 4.78 is 0. The van der Waals surface area contributed by atoms with Crippen molar-refractivity contribution in [1.29, 1.82) is 0 Å². The van der Waals surface area contributed by atoms with Crippen molar-refractivity contribution in [1.82, 2.24) is 10.2 Å². The lowest BCUT2D eigenvalue weighted by Gasteiger charge is -2.32. The fourth-order valence-corrected chi connectivity index (χ4v) is 2.58. The summed E-state index contributed by atoms with van der Waals surface area (Å²) in [6.45, 7) is 4.05. The minimum absolute atomic E-state index is 0.900. The molecule has 1 heterocycles. The molecule has 80 valence electrons. The average Bonchev–Trinajstić information content (AvgIpc) is 3.07. The Morgan fingerprint density at radius 1 is 0.929 bits per heavy atom. The van der Waals surface area contributed by atoms with Crippen LogP contribution in [0.2, 0.25) is 0 Å². The van der Waals surface area contributed by atoms with Crippen LogP contribution in [0.25, 0.3) is 0 Å². The molecule has 3 rings (SSSR count). The van der Waals surface area contributed by atoms with E-state index in [1.165, 1.54) is 58.2 Å². The Bertz CT molecular complexity index is 188. The Morgan fingerprint density at radius 2 is 1.64 bits per heavy atom. The third-order valence-electron chi connectivity index (χ3n) is 3.98. The van der Waals surface area contributed by atoms with E-state index in [1.807, 2.05) is 0 Å². The van der Waals surface area contributed by atoms with Crippen LogP contribution in [0.5, 0.6) is 0 Å². The molecule has 0 amide bonds. The van der Waals surface area contributed by atoms with Gasteiger partial charge in [-0.2, -0.15) is 0 Å². The van der Waals surface area contributed by atoms with Gasteiger partial charge in [0.05, 0.1) is 0 Å². The Morgan fingerprint density at radius 3 is 2.21 bits per heavy atom. The average molecular weight is 194 g/mol. The second-order valence-electron chi connectivity index (χ2n) is 5.39. The van der Waals surface area contributed by atoms with E-state index >= 15 is 0 Å². The number of piperidine rings is 1. The van der Waals surface area contributed by atoms with Crippen LogP contribution in [0.3, 0.4) is 0 Å². The standard InChI is InChI=1S/C12H22N2/c1-2-11(1)13-9-10-5-7-14(8-6-10)12-3-4-12/h10-13H,1-9H2. The zero-order valence-corrected chi connectivity index (χ0v) is 9.04. The Labute approximate surface area is 87.0 Å². The molecule has 1 aliphatic heterocycles. The normalized spacial score (nSPS) is 30.9. The van der Waals surface area contributed by atoms with Crippen LogP contribution < -0.4 is 5.32 Å². The molecule has 0 radical (unpaired) electrons. The van der Waals surface area contributed by atoms with Crippen LogP contribution in [0.1, 0.15) is 38.5 Å². The smallest absolute Gasteiger partial charge is 0.00964 e. The number of nitrogens with zero attached hydrogens (tertiary/aromatic N) is 1. The van der Waals surface area contributed by atoms with Crippen LogP contribution in [-0.2, 0) is 0 Å². The van der Waals surface area contributed by atoms with E-state index in [9.17, 15) is 0 Å². The minimum atomic E-state index is 0.900. The summed E-state index contributed by atoms with van der Waals surface area (Å²) in [5.41, 5.74) is 0. The van der Waals surface area contributed by atoms with Crippen molar-refractivity contribution in [3.05, 3.63) is 0 Å². The molecule has 0 aromatic rings. The molecule has 0 atom stereocenters. The van der Waals surface area contributed by atoms with Gasteiger partial charge in [0.1, 0.15) is 0 Å². The zero-order valence-electron chi connectivity index (χ0n) is 9.04. The number of likely N-dealkylation sites (tertiary alicyclic amines) is 1. The van der Waals surface area contributed by atoms with Gasteiger partial charge in [0.25, 0.3) is 0 Å². The van der Waals surface area contributed by atoms with Crippen molar-refractivity contribution in [2.45, 2.75) is 50.6 Å². The molecular formula is C12H22N2. The zero-order chi connectivity index (χ0) is 9.38. The largest absolute Gasteiger partial charge is 0.314 e. The van der Waals surface area contributed by atoms with Gasteiger partial charge in [-0.05, 0) is 64.1 Å². The van der Waals surface area contributed by atoms with E-state index in [0.29, 0.717) is 0 Å². The topological polar surface area (TPSA) is 15.3 Å². The fraction of sp³-hybridized carbons (Fsp3) is 1.00. The predicted molar refractivity (Wildman–Crippen MR) is 58.3 cm³/mol. The fourth-order valence-electron chi connectivity index (χ4n) is 2.58. The predicted octanol–water partition coefficient (Wildman–Crippen LogP) is 1.61. The van der Waals surface area contributed by atoms with E-state index in [-0.39, 0.29) is 0 Å². The Balaban J connectivity index is 1.36. The van der Waals surface area contributed by atoms with Crippen LogP contribution in [0.4, 0.5) is 0 Å². The van der Waals surface area contributed by atoms with E-state index in [1.54, 1.807) is 0 Å². The third-order valence-corrected chi connectivity index (χ3v) is 3.98. The highest BCUT2D eigenvalue weighted by molar-refractivity contribution is 4.88. The molecule has 3 aliphatic rings. The summed E-state index contributed by atoms with van der Waals surface area (Å²) in [4.78, 5) is 2.72. The number of rotatable bonds is 4. The maximum atomic E-state index is 3.67. The van der Waals surface area contributed by atoms with Gasteiger partial charge in [-0.15, -0.1) is 0 Å². The highest BCUT2D eigenvalue weighted by Gasteiger charge is 2.32. The van der Waals surface area contributed by atoms with Crippen molar-refractivity contribution < 1.29 is 0 Å². The highest BCUT2D eigenvalue weighted by atomic mass is 15.2. The first-order valence-electron chi connectivity index (χ1n) is 6.39. The summed E-state index contributed by atoms with van der Waals surface area (Å²) in [5.74, 6) is 0.977. The number of hydrogen-bond acceptors (Lipinski definition) is 2. The molecule has 2 nitrogen and oxygen atoms in total. The van der Waals surface area contributed by atoms with Crippen molar-refractivity contribution in [2.75, 3.05) is 19.6 Å². The molecule has 0 aromatic carbocycles. The van der Waals surface area contributed by atoms with Crippen LogP contribution >= 0.6 is 0 Å². The molecule has 0 unspecified atom stereocenters. The summed E-state index contributed by atoms with van der Waals surface area (Å²) in [6.07, 6.45) is 8.70. The molecule has 0 bridgehead atoms. The second kappa shape index (κ2) is 3.82. The van der Waals surface area contributed by atoms with Crippen molar-refractivity contribution >= 4 is 0 Å². The quantitative estimate of drug-likeness (QED) is 0.731. The molecule has 2 aliphatic carbocycles. The molecule has 1 N–H and O–H groups in total. The number of nitrogens with one attached hydrogen (secondary N) is 1. The van der Waals surface area contributed by atoms with Gasteiger partial charge in [0.15, 0.2) is 0 Å². The lowest BCUT2D eigenvalue weighted by Crippen LogP contribution is -2.38. The van der Waals surface area contributed by atoms with Gasteiger partial charge in [0, 0.05) is 12.1 Å². The first-order chi connectivity index (χ1) is 6.92. The first kappa shape index (κ1) is 9.17. The first-order valence-corrected chi connectivity index (χ1v) is 6.39. The van der Waals surface area contributed by atoms with E-state index in [0.717, 1.165) is 18.0 Å². The summed E-state index contributed by atoms with van der Waals surface area (Å²) >= 11 is 0. The molecule has 1 saturated heterocycles. The van der Waals surface area contributed by atoms with Gasteiger partial charge < -0.3 is 10.2 Å². The highest BCUT2D eigenvalue weighted by Crippen LogP contribution is 2.30. The van der Waals surface area contributed by atoms with Crippen LogP contribution in [0.15, 0.2) is 0 Å². The van der Waals surface area contributed by atoms with E-state index in [4.69, 9.17) is 0 Å². The minimum Gasteiger partial charge on any atom is -0.314 e. The maximum absolute atomic E-state index is 3.67. The molecule has 3 fully saturated rings. The molecule has 0 spiro atoms. The molecule has 14 heavy (non-hydrogen) atoms. The molecule has 0 aromatic heterocycles. The van der Waals surface area contributed by atoms with Gasteiger partial charge in [-0.25, -0.2) is 0 Å². The van der Waals surface area contributed by atoms with E-state index < -0.39 is 0 Å². The summed E-state index contributed by atoms with van der Waals surface area (Å²) in [5, 5.41) is 3.67. The molecule has 2 saturated carbocycles. The van der Waals surface area contributed by atoms with Crippen molar-refractivity contribution in [3.8, 4) is 0 Å². The van der Waals surface area contributed by atoms with Gasteiger partial charge in [-0.3, -0.25) is 0 Å². The van der Waals surface area contributed by atoms with E-state index in [2.05, 4.69) is 10.2 Å². The maximum Gasteiger partial charge on any atom is 0.00964 e. The monoisotopic (exact) mass is 194 g/mol. The number of hydrogen-bond donors (Lipinski definition) is 1. The summed E-state index contributed by atoms with van der Waals surface area (Å²) in [7, 11) is 0. The SMILES string of the molecule is C1CN(C2CC2)CCC1CNC1CC1. The van der Waals surface area contributed by atoms with Crippen molar-refractivity contribution in [3.63, 3.8) is 0 Å². The van der Waals surface area contributed by atoms with Gasteiger partial charge in [0.2, 0.25) is 0 Å². The van der Waals surface area contributed by atoms with Crippen molar-refractivity contribution in [2.24, 2.45) is 5.92 Å². The van der Waals surface area contributed by atoms with Gasteiger partial charge >= 0.3 is 0 Å². The second-order valence-corrected chi connectivity index (χ2v) is 5.39. The van der Waals surface area contributed by atoms with Gasteiger partial charge in [-0.1, -0.05) is 0 Å². The Hall–Kier alpha value is -0.0800. The molecule has 2 heteroatoms. The van der Waals surface area contributed by atoms with Crippen LogP contribution in [-0.4, -0.2) is 36.6 Å². The Kier molecular flexibility index (Phi) is 2.50. The molecular weight excluding hydrogens is 172 g/mol.